The van der Waals surface area contributed by atoms with E-state index >= 15 is 0 Å². The summed E-state index contributed by atoms with van der Waals surface area (Å²) >= 11 is 0. The molecule has 0 radical (unpaired) electrons. The van der Waals surface area contributed by atoms with E-state index in [4.69, 9.17) is 24.1 Å². The molecule has 11 heteroatoms. The molecule has 2 saturated heterocycles. The van der Waals surface area contributed by atoms with Gasteiger partial charge < -0.3 is 24.2 Å². The number of rotatable bonds is 5. The average Bonchev–Trinajstić information content (AvgIpc) is 3.46. The van der Waals surface area contributed by atoms with Gasteiger partial charge in [0.25, 0.3) is 0 Å². The number of ether oxygens (including phenoxy) is 3. The lowest BCUT2D eigenvalue weighted by atomic mass is 10.0. The first-order valence-corrected chi connectivity index (χ1v) is 9.45. The Hall–Kier alpha value is -2.14. The van der Waals surface area contributed by atoms with Gasteiger partial charge in [-0.1, -0.05) is 0 Å². The Kier molecular flexibility index (Phi) is 6.78. The minimum atomic E-state index is -5.08. The molecule has 1 N–H and O–H groups in total. The molecule has 0 amide bonds. The number of hydrogen-bond donors (Lipinski definition) is 1. The lowest BCUT2D eigenvalue weighted by molar-refractivity contribution is -0.192. The highest BCUT2D eigenvalue weighted by Crippen LogP contribution is 2.36. The Labute approximate surface area is 166 Å². The molecule has 1 aliphatic carbocycles. The zero-order valence-corrected chi connectivity index (χ0v) is 16.0. The first-order valence-electron chi connectivity index (χ1n) is 9.45. The number of fused-ring (bicyclic) bond motifs is 1. The van der Waals surface area contributed by atoms with Gasteiger partial charge in [0.2, 0.25) is 5.88 Å². The van der Waals surface area contributed by atoms with Gasteiger partial charge in [0.05, 0.1) is 13.2 Å². The molecule has 3 atom stereocenters. The summed E-state index contributed by atoms with van der Waals surface area (Å²) in [5, 5.41) is 7.12. The van der Waals surface area contributed by atoms with Crippen molar-refractivity contribution in [3.63, 3.8) is 0 Å². The fourth-order valence-corrected chi connectivity index (χ4v) is 3.46. The van der Waals surface area contributed by atoms with Crippen molar-refractivity contribution in [3.05, 3.63) is 12.4 Å². The maximum atomic E-state index is 10.6. The van der Waals surface area contributed by atoms with Gasteiger partial charge in [0.15, 0.2) is 0 Å². The number of carboxylic acids is 1. The van der Waals surface area contributed by atoms with Crippen LogP contribution < -0.4 is 9.64 Å². The van der Waals surface area contributed by atoms with Crippen LogP contribution in [0.1, 0.15) is 25.7 Å². The van der Waals surface area contributed by atoms with Crippen molar-refractivity contribution in [3.8, 4) is 5.88 Å². The van der Waals surface area contributed by atoms with Crippen molar-refractivity contribution in [2.24, 2.45) is 5.92 Å². The van der Waals surface area contributed by atoms with Crippen molar-refractivity contribution in [2.75, 3.05) is 31.8 Å². The SMILES string of the molecule is COc1cc(N2C[C@H](OCC3CC3)[C@H]3OCCC[C@H]32)ncn1.O=C(O)C(F)(F)F. The van der Waals surface area contributed by atoms with E-state index in [0.717, 1.165) is 44.3 Å². The molecule has 2 aliphatic heterocycles. The van der Waals surface area contributed by atoms with Crippen LogP contribution in [0.25, 0.3) is 0 Å². The number of alkyl halides is 3. The molecule has 0 bridgehead atoms. The van der Waals surface area contributed by atoms with E-state index in [1.165, 1.54) is 12.8 Å². The van der Waals surface area contributed by atoms with E-state index in [9.17, 15) is 13.2 Å². The number of nitrogens with zero attached hydrogens (tertiary/aromatic N) is 3. The second-order valence-electron chi connectivity index (χ2n) is 7.23. The Balaban J connectivity index is 0.000000298. The van der Waals surface area contributed by atoms with Gasteiger partial charge >= 0.3 is 12.1 Å². The van der Waals surface area contributed by atoms with E-state index in [2.05, 4.69) is 14.9 Å². The van der Waals surface area contributed by atoms with Gasteiger partial charge in [-0.3, -0.25) is 0 Å². The summed E-state index contributed by atoms with van der Waals surface area (Å²) in [6.45, 7) is 2.55. The largest absolute Gasteiger partial charge is 0.490 e. The summed E-state index contributed by atoms with van der Waals surface area (Å²) in [7, 11) is 1.63. The molecule has 8 nitrogen and oxygen atoms in total. The summed E-state index contributed by atoms with van der Waals surface area (Å²) in [5.74, 6) is -0.478. The molecule has 162 valence electrons. The average molecular weight is 419 g/mol. The molecule has 1 aromatic rings. The molecule has 4 rings (SSSR count). The number of carbonyl (C=O) groups is 1. The normalized spacial score (nSPS) is 26.3. The van der Waals surface area contributed by atoms with Crippen molar-refractivity contribution in [1.29, 1.82) is 0 Å². The topological polar surface area (TPSA) is 94.0 Å². The third-order valence-electron chi connectivity index (χ3n) is 5.09. The third kappa shape index (κ3) is 5.69. The van der Waals surface area contributed by atoms with Crippen LogP contribution in [-0.2, 0) is 14.3 Å². The second-order valence-corrected chi connectivity index (χ2v) is 7.23. The summed E-state index contributed by atoms with van der Waals surface area (Å²) < 4.78 is 49.2. The second kappa shape index (κ2) is 9.12. The van der Waals surface area contributed by atoms with Gasteiger partial charge in [-0.2, -0.15) is 13.2 Å². The highest BCUT2D eigenvalue weighted by Gasteiger charge is 2.45. The number of aliphatic carboxylic acids is 1. The minimum Gasteiger partial charge on any atom is -0.481 e. The molecule has 29 heavy (non-hydrogen) atoms. The Morgan fingerprint density at radius 2 is 2.07 bits per heavy atom. The quantitative estimate of drug-likeness (QED) is 0.777. The fraction of sp³-hybridized carbons (Fsp3) is 0.722. The van der Waals surface area contributed by atoms with E-state index in [-0.39, 0.29) is 12.2 Å². The smallest absolute Gasteiger partial charge is 0.481 e. The number of carboxylic acid groups (broad SMARTS) is 1. The zero-order valence-electron chi connectivity index (χ0n) is 16.0. The van der Waals surface area contributed by atoms with Gasteiger partial charge in [-0.25, -0.2) is 14.8 Å². The van der Waals surface area contributed by atoms with E-state index in [1.807, 2.05) is 6.07 Å². The van der Waals surface area contributed by atoms with Gasteiger partial charge in [0, 0.05) is 25.8 Å². The minimum absolute atomic E-state index is 0.145. The van der Waals surface area contributed by atoms with E-state index in [1.54, 1.807) is 13.4 Å². The van der Waals surface area contributed by atoms with Crippen molar-refractivity contribution in [1.82, 2.24) is 9.97 Å². The summed E-state index contributed by atoms with van der Waals surface area (Å²) in [4.78, 5) is 19.7. The number of aromatic nitrogens is 2. The van der Waals surface area contributed by atoms with Crippen LogP contribution in [0.5, 0.6) is 5.88 Å². The van der Waals surface area contributed by atoms with Crippen LogP contribution in [-0.4, -0.2) is 72.3 Å². The van der Waals surface area contributed by atoms with Crippen LogP contribution in [0.4, 0.5) is 19.0 Å². The Morgan fingerprint density at radius 1 is 1.34 bits per heavy atom. The summed E-state index contributed by atoms with van der Waals surface area (Å²) in [6.07, 6.45) is 1.63. The summed E-state index contributed by atoms with van der Waals surface area (Å²) in [5.41, 5.74) is 0. The van der Waals surface area contributed by atoms with Gasteiger partial charge in [0.1, 0.15) is 24.4 Å². The molecule has 3 heterocycles. The van der Waals surface area contributed by atoms with Crippen molar-refractivity contribution >= 4 is 11.8 Å². The number of methoxy groups -OCH3 is 1. The molecule has 0 aromatic carbocycles. The van der Waals surface area contributed by atoms with Crippen LogP contribution >= 0.6 is 0 Å². The van der Waals surface area contributed by atoms with E-state index < -0.39 is 12.1 Å². The highest BCUT2D eigenvalue weighted by molar-refractivity contribution is 5.73. The third-order valence-corrected chi connectivity index (χ3v) is 5.09. The van der Waals surface area contributed by atoms with Gasteiger partial charge in [-0.05, 0) is 31.6 Å². The molecule has 1 aromatic heterocycles. The molecule has 3 aliphatic rings. The Morgan fingerprint density at radius 3 is 2.69 bits per heavy atom. The monoisotopic (exact) mass is 419 g/mol. The summed E-state index contributed by atoms with van der Waals surface area (Å²) in [6, 6.07) is 2.24. The standard InChI is InChI=1S/C16H23N3O3.C2HF3O2/c1-20-15-7-14(17-10-18-15)19-8-13(22-9-11-4-5-11)16-12(19)3-2-6-21-16;3-2(4,5)1(6)7/h7,10-13,16H,2-6,8-9H2,1H3;(H,6,7)/t12-,13+,16+;/m1./s1. The fourth-order valence-electron chi connectivity index (χ4n) is 3.46. The van der Waals surface area contributed by atoms with Crippen LogP contribution in [0.2, 0.25) is 0 Å². The van der Waals surface area contributed by atoms with Crippen molar-refractivity contribution < 1.29 is 37.3 Å². The predicted octanol–water partition coefficient (Wildman–Crippen LogP) is 2.28. The lowest BCUT2D eigenvalue weighted by Crippen LogP contribution is -2.42. The van der Waals surface area contributed by atoms with Gasteiger partial charge in [-0.15, -0.1) is 0 Å². The van der Waals surface area contributed by atoms with Crippen LogP contribution in [0.3, 0.4) is 0 Å². The predicted molar refractivity (Wildman–Crippen MR) is 94.8 cm³/mol. The molecular weight excluding hydrogens is 395 g/mol. The molecule has 1 saturated carbocycles. The Bertz CT molecular complexity index is 702. The maximum absolute atomic E-state index is 10.6. The number of halogens is 3. The number of anilines is 1. The molecule has 3 fully saturated rings. The zero-order chi connectivity index (χ0) is 21.0. The molecule has 0 unspecified atom stereocenters. The molecular formula is C18H24F3N3O5. The maximum Gasteiger partial charge on any atom is 0.490 e. The first-order chi connectivity index (χ1) is 13.8. The van der Waals surface area contributed by atoms with Crippen LogP contribution in [0.15, 0.2) is 12.4 Å². The molecule has 0 spiro atoms. The van der Waals surface area contributed by atoms with Crippen LogP contribution in [0, 0.1) is 5.92 Å². The first kappa shape index (κ1) is 21.6. The lowest BCUT2D eigenvalue weighted by Gasteiger charge is -2.32. The highest BCUT2D eigenvalue weighted by atomic mass is 19.4. The van der Waals surface area contributed by atoms with Crippen molar-refractivity contribution in [2.45, 2.75) is 50.1 Å². The van der Waals surface area contributed by atoms with E-state index in [0.29, 0.717) is 11.9 Å². The number of hydrogen-bond acceptors (Lipinski definition) is 7.